The number of piperidine rings is 1. The second kappa shape index (κ2) is 6.22. The predicted octanol–water partition coefficient (Wildman–Crippen LogP) is -0.323. The van der Waals surface area contributed by atoms with Crippen LogP contribution in [0.4, 0.5) is 0 Å². The highest BCUT2D eigenvalue weighted by molar-refractivity contribution is 5.88. The van der Waals surface area contributed by atoms with E-state index in [0.717, 1.165) is 12.8 Å². The second-order valence-corrected chi connectivity index (χ2v) is 4.03. The fourth-order valence-corrected chi connectivity index (χ4v) is 1.91. The second-order valence-electron chi connectivity index (χ2n) is 4.03. The molecule has 0 spiro atoms. The van der Waals surface area contributed by atoms with Gasteiger partial charge in [-0.15, -0.1) is 0 Å². The Morgan fingerprint density at radius 1 is 1.35 bits per heavy atom. The molecule has 0 radical (unpaired) electrons. The summed E-state index contributed by atoms with van der Waals surface area (Å²) in [5.41, 5.74) is 0. The van der Waals surface area contributed by atoms with Crippen LogP contribution in [0.3, 0.4) is 0 Å². The summed E-state index contributed by atoms with van der Waals surface area (Å²) in [6.45, 7) is 1.82. The minimum Gasteiger partial charge on any atom is -0.467 e. The summed E-state index contributed by atoms with van der Waals surface area (Å²) in [6, 6.07) is -0.505. The van der Waals surface area contributed by atoms with E-state index in [0.29, 0.717) is 13.0 Å². The van der Waals surface area contributed by atoms with Crippen molar-refractivity contribution >= 4 is 17.8 Å². The van der Waals surface area contributed by atoms with Crippen molar-refractivity contribution in [1.82, 2.24) is 10.2 Å². The Morgan fingerprint density at radius 3 is 2.65 bits per heavy atom. The third kappa shape index (κ3) is 3.72. The molecule has 6 heteroatoms. The summed E-state index contributed by atoms with van der Waals surface area (Å²) in [7, 11) is 1.31. The van der Waals surface area contributed by atoms with Gasteiger partial charge in [0.1, 0.15) is 6.04 Å². The molecule has 0 saturated carbocycles. The van der Waals surface area contributed by atoms with Crippen LogP contribution in [0.25, 0.3) is 0 Å². The van der Waals surface area contributed by atoms with Crippen LogP contribution >= 0.6 is 0 Å². The van der Waals surface area contributed by atoms with Gasteiger partial charge in [0, 0.05) is 13.5 Å². The molecular weight excluding hydrogens is 224 g/mol. The Labute approximate surface area is 100 Å². The first kappa shape index (κ1) is 13.5. The standard InChI is InChI=1S/C11H18N2O4/c1-8(14)12-7-10(15)13-6-4-3-5-9(13)11(16)17-2/h9H,3-7H2,1-2H3,(H,12,14)/t9-/m1/s1. The number of carbonyl (C=O) groups excluding carboxylic acids is 3. The first-order valence-corrected chi connectivity index (χ1v) is 5.68. The van der Waals surface area contributed by atoms with Gasteiger partial charge < -0.3 is 15.0 Å². The molecule has 1 aliphatic rings. The smallest absolute Gasteiger partial charge is 0.328 e. The highest BCUT2D eigenvalue weighted by atomic mass is 16.5. The van der Waals surface area contributed by atoms with Crippen LogP contribution in [0.1, 0.15) is 26.2 Å². The van der Waals surface area contributed by atoms with Crippen LogP contribution in [0.2, 0.25) is 0 Å². The lowest BCUT2D eigenvalue weighted by molar-refractivity contribution is -0.154. The van der Waals surface area contributed by atoms with Gasteiger partial charge in [-0.05, 0) is 19.3 Å². The summed E-state index contributed by atoms with van der Waals surface area (Å²) in [6.07, 6.45) is 2.40. The highest BCUT2D eigenvalue weighted by Crippen LogP contribution is 2.17. The van der Waals surface area contributed by atoms with Crippen LogP contribution in [0.5, 0.6) is 0 Å². The van der Waals surface area contributed by atoms with Gasteiger partial charge in [-0.3, -0.25) is 9.59 Å². The van der Waals surface area contributed by atoms with E-state index in [9.17, 15) is 14.4 Å². The molecule has 96 valence electrons. The number of carbonyl (C=O) groups is 3. The van der Waals surface area contributed by atoms with Crippen molar-refractivity contribution < 1.29 is 19.1 Å². The lowest BCUT2D eigenvalue weighted by atomic mass is 10.0. The molecule has 2 amide bonds. The van der Waals surface area contributed by atoms with Crippen LogP contribution < -0.4 is 5.32 Å². The number of amides is 2. The summed E-state index contributed by atoms with van der Waals surface area (Å²) < 4.78 is 4.68. The maximum absolute atomic E-state index is 11.8. The maximum Gasteiger partial charge on any atom is 0.328 e. The predicted molar refractivity (Wildman–Crippen MR) is 60.1 cm³/mol. The fraction of sp³-hybridized carbons (Fsp3) is 0.727. The van der Waals surface area contributed by atoms with Crippen LogP contribution in [-0.2, 0) is 19.1 Å². The van der Waals surface area contributed by atoms with Crippen molar-refractivity contribution in [3.05, 3.63) is 0 Å². The number of ether oxygens (including phenoxy) is 1. The van der Waals surface area contributed by atoms with Crippen LogP contribution in [0.15, 0.2) is 0 Å². The lowest BCUT2D eigenvalue weighted by Gasteiger charge is -2.33. The number of methoxy groups -OCH3 is 1. The zero-order valence-corrected chi connectivity index (χ0v) is 10.2. The van der Waals surface area contributed by atoms with Gasteiger partial charge in [-0.2, -0.15) is 0 Å². The molecule has 1 saturated heterocycles. The topological polar surface area (TPSA) is 75.7 Å². The fourth-order valence-electron chi connectivity index (χ4n) is 1.91. The number of esters is 1. The SMILES string of the molecule is COC(=O)[C@H]1CCCCN1C(=O)CNC(C)=O. The van der Waals surface area contributed by atoms with Crippen LogP contribution in [-0.4, -0.2) is 48.9 Å². The van der Waals surface area contributed by atoms with Crippen molar-refractivity contribution in [3.8, 4) is 0 Å². The molecule has 1 aliphatic heterocycles. The van der Waals surface area contributed by atoms with Gasteiger partial charge in [-0.25, -0.2) is 4.79 Å². The Kier molecular flexibility index (Phi) is 4.93. The Balaban J connectivity index is 2.60. The van der Waals surface area contributed by atoms with Crippen LogP contribution in [0, 0.1) is 0 Å². The Hall–Kier alpha value is -1.59. The van der Waals surface area contributed by atoms with Crippen molar-refractivity contribution in [2.75, 3.05) is 20.2 Å². The monoisotopic (exact) mass is 242 g/mol. The highest BCUT2D eigenvalue weighted by Gasteiger charge is 2.32. The summed E-state index contributed by atoms with van der Waals surface area (Å²) in [5.74, 6) is -0.888. The van der Waals surface area contributed by atoms with Crippen molar-refractivity contribution in [2.24, 2.45) is 0 Å². The molecule has 1 heterocycles. The lowest BCUT2D eigenvalue weighted by Crippen LogP contribution is -2.51. The van der Waals surface area contributed by atoms with Gasteiger partial charge in [0.25, 0.3) is 0 Å². The van der Waals surface area contributed by atoms with Gasteiger partial charge in [-0.1, -0.05) is 0 Å². The Bertz CT molecular complexity index is 317. The largest absolute Gasteiger partial charge is 0.467 e. The molecule has 0 unspecified atom stereocenters. The number of rotatable bonds is 3. The number of nitrogens with one attached hydrogen (secondary N) is 1. The first-order valence-electron chi connectivity index (χ1n) is 5.68. The molecule has 0 aliphatic carbocycles. The van der Waals surface area contributed by atoms with Crippen molar-refractivity contribution in [2.45, 2.75) is 32.2 Å². The zero-order chi connectivity index (χ0) is 12.8. The molecule has 1 atom stereocenters. The molecule has 0 aromatic rings. The van der Waals surface area contributed by atoms with Gasteiger partial charge in [0.05, 0.1) is 13.7 Å². The van der Waals surface area contributed by atoms with E-state index < -0.39 is 6.04 Å². The van der Waals surface area contributed by atoms with E-state index in [-0.39, 0.29) is 24.3 Å². The average Bonchev–Trinajstić information content (AvgIpc) is 2.34. The zero-order valence-electron chi connectivity index (χ0n) is 10.2. The first-order chi connectivity index (χ1) is 8.06. The van der Waals surface area contributed by atoms with E-state index in [4.69, 9.17) is 0 Å². The van der Waals surface area contributed by atoms with E-state index in [1.807, 2.05) is 0 Å². The number of hydrogen-bond acceptors (Lipinski definition) is 4. The normalized spacial score (nSPS) is 19.6. The average molecular weight is 242 g/mol. The minimum atomic E-state index is -0.505. The third-order valence-electron chi connectivity index (χ3n) is 2.78. The van der Waals surface area contributed by atoms with Gasteiger partial charge in [0.15, 0.2) is 0 Å². The summed E-state index contributed by atoms with van der Waals surface area (Å²) >= 11 is 0. The molecular formula is C11H18N2O4. The molecule has 6 nitrogen and oxygen atoms in total. The maximum atomic E-state index is 11.8. The number of hydrogen-bond donors (Lipinski definition) is 1. The molecule has 17 heavy (non-hydrogen) atoms. The van der Waals surface area contributed by atoms with Crippen molar-refractivity contribution in [1.29, 1.82) is 0 Å². The molecule has 0 aromatic heterocycles. The van der Waals surface area contributed by atoms with Crippen molar-refractivity contribution in [3.63, 3.8) is 0 Å². The molecule has 1 fully saturated rings. The van der Waals surface area contributed by atoms with Gasteiger partial charge >= 0.3 is 5.97 Å². The quantitative estimate of drug-likeness (QED) is 0.688. The molecule has 0 aromatic carbocycles. The molecule has 1 rings (SSSR count). The van der Waals surface area contributed by atoms with Gasteiger partial charge in [0.2, 0.25) is 11.8 Å². The summed E-state index contributed by atoms with van der Waals surface area (Å²) in [4.78, 5) is 35.6. The third-order valence-corrected chi connectivity index (χ3v) is 2.78. The Morgan fingerprint density at radius 2 is 2.06 bits per heavy atom. The van der Waals surface area contributed by atoms with E-state index in [2.05, 4.69) is 10.1 Å². The molecule has 1 N–H and O–H groups in total. The molecule has 0 bridgehead atoms. The minimum absolute atomic E-state index is 0.0666. The van der Waals surface area contributed by atoms with E-state index in [1.165, 1.54) is 18.9 Å². The summed E-state index contributed by atoms with van der Waals surface area (Å²) in [5, 5.41) is 2.44. The van der Waals surface area contributed by atoms with E-state index >= 15 is 0 Å². The van der Waals surface area contributed by atoms with E-state index in [1.54, 1.807) is 0 Å². The number of likely N-dealkylation sites (tertiary alicyclic amines) is 1. The number of nitrogens with zero attached hydrogens (tertiary/aromatic N) is 1.